The van der Waals surface area contributed by atoms with Gasteiger partial charge < -0.3 is 4.90 Å². The second-order valence-corrected chi connectivity index (χ2v) is 9.67. The van der Waals surface area contributed by atoms with E-state index in [-0.39, 0.29) is 5.91 Å². The molecule has 7 heteroatoms. The number of hydrogen-bond acceptors (Lipinski definition) is 5. The minimum absolute atomic E-state index is 0.114. The highest BCUT2D eigenvalue weighted by molar-refractivity contribution is 7.99. The van der Waals surface area contributed by atoms with E-state index in [0.29, 0.717) is 13.0 Å². The maximum atomic E-state index is 13.0. The second kappa shape index (κ2) is 10.4. The number of rotatable bonds is 9. The van der Waals surface area contributed by atoms with E-state index in [1.165, 1.54) is 5.56 Å². The number of aromatic nitrogens is 1. The average molecular weight is 448 g/mol. The summed E-state index contributed by atoms with van der Waals surface area (Å²) in [5.74, 6) is 0.840. The average Bonchev–Trinajstić information content (AvgIpc) is 3.12. The zero-order chi connectivity index (χ0) is 20.8. The zero-order valence-corrected chi connectivity index (χ0v) is 19.4. The van der Waals surface area contributed by atoms with Crippen LogP contribution in [0, 0.1) is 0 Å². The summed E-state index contributed by atoms with van der Waals surface area (Å²) >= 11 is 9.21. The Kier molecular flexibility index (Phi) is 7.95. The van der Waals surface area contributed by atoms with E-state index in [0.717, 1.165) is 44.0 Å². The summed E-state index contributed by atoms with van der Waals surface area (Å²) in [7, 11) is 4.04. The number of aryl methyl sites for hydroxylation is 1. The Hall–Kier alpha value is -1.60. The van der Waals surface area contributed by atoms with Crippen LogP contribution in [0.2, 0.25) is 5.02 Å². The van der Waals surface area contributed by atoms with Crippen molar-refractivity contribution >= 4 is 56.0 Å². The molecule has 1 aromatic heterocycles. The lowest BCUT2D eigenvalue weighted by Gasteiger charge is -2.22. The maximum absolute atomic E-state index is 13.0. The van der Waals surface area contributed by atoms with Gasteiger partial charge in [-0.15, -0.1) is 11.8 Å². The molecule has 29 heavy (non-hydrogen) atoms. The first-order valence-electron chi connectivity index (χ1n) is 9.69. The lowest BCUT2D eigenvalue weighted by atomic mass is 10.2. The lowest BCUT2D eigenvalue weighted by Crippen LogP contribution is -2.36. The Morgan fingerprint density at radius 2 is 1.90 bits per heavy atom. The molecule has 0 saturated heterocycles. The number of carbonyl (C=O) groups is 1. The van der Waals surface area contributed by atoms with E-state index in [1.54, 1.807) is 23.1 Å². The van der Waals surface area contributed by atoms with E-state index in [4.69, 9.17) is 16.6 Å². The molecule has 0 bridgehead atoms. The molecule has 0 aliphatic heterocycles. The van der Waals surface area contributed by atoms with Gasteiger partial charge in [-0.2, -0.15) is 0 Å². The number of anilines is 1. The smallest absolute Gasteiger partial charge is 0.229 e. The van der Waals surface area contributed by atoms with Gasteiger partial charge in [-0.1, -0.05) is 35.9 Å². The van der Waals surface area contributed by atoms with Crippen molar-refractivity contribution in [2.24, 2.45) is 0 Å². The molecule has 3 aromatic rings. The number of thiazole rings is 1. The molecule has 0 atom stereocenters. The summed E-state index contributed by atoms with van der Waals surface area (Å²) < 4.78 is 1.14. The minimum Gasteiger partial charge on any atom is -0.308 e. The fourth-order valence-electron chi connectivity index (χ4n) is 2.84. The van der Waals surface area contributed by atoms with Gasteiger partial charge in [0.2, 0.25) is 5.91 Å². The third kappa shape index (κ3) is 6.19. The monoisotopic (exact) mass is 447 g/mol. The Labute approximate surface area is 185 Å². The number of fused-ring (bicyclic) bond motifs is 1. The molecule has 154 valence electrons. The first-order valence-corrected chi connectivity index (χ1v) is 11.9. The topological polar surface area (TPSA) is 36.4 Å². The van der Waals surface area contributed by atoms with Crippen molar-refractivity contribution in [1.29, 1.82) is 0 Å². The third-order valence-electron chi connectivity index (χ3n) is 4.55. The standard InChI is InChI=1S/C22H26ClN3OS2/c1-4-16-5-10-19-20(15-16)29-22(24-19)26(13-12-25(2)3)21(27)11-14-28-18-8-6-17(23)7-9-18/h5-10,15H,4,11-14H2,1-3H3. The molecule has 1 heterocycles. The molecular weight excluding hydrogens is 422 g/mol. The van der Waals surface area contributed by atoms with Crippen molar-refractivity contribution in [2.45, 2.75) is 24.7 Å². The van der Waals surface area contributed by atoms with Crippen molar-refractivity contribution in [3.63, 3.8) is 0 Å². The quantitative estimate of drug-likeness (QED) is 0.400. The molecule has 4 nitrogen and oxygen atoms in total. The fourth-order valence-corrected chi connectivity index (χ4v) is 4.88. The summed E-state index contributed by atoms with van der Waals surface area (Å²) in [6.07, 6.45) is 1.46. The number of thioether (sulfide) groups is 1. The molecule has 0 aliphatic rings. The molecule has 2 aromatic carbocycles. The highest BCUT2D eigenvalue weighted by Gasteiger charge is 2.20. The normalized spacial score (nSPS) is 11.3. The van der Waals surface area contributed by atoms with Crippen molar-refractivity contribution in [3.8, 4) is 0 Å². The molecular formula is C22H26ClN3OS2. The van der Waals surface area contributed by atoms with Gasteiger partial charge in [-0.25, -0.2) is 4.98 Å². The number of hydrogen-bond donors (Lipinski definition) is 0. The Bertz CT molecular complexity index is 956. The van der Waals surface area contributed by atoms with Gasteiger partial charge in [0.15, 0.2) is 5.13 Å². The third-order valence-corrected chi connectivity index (χ3v) is 6.86. The molecule has 0 aliphatic carbocycles. The second-order valence-electron chi connectivity index (χ2n) is 7.05. The molecule has 0 fully saturated rings. The SMILES string of the molecule is CCc1ccc2nc(N(CCN(C)C)C(=O)CCSc3ccc(Cl)cc3)sc2c1. The van der Waals surface area contributed by atoms with Gasteiger partial charge in [-0.3, -0.25) is 9.69 Å². The number of nitrogens with zero attached hydrogens (tertiary/aromatic N) is 3. The van der Waals surface area contributed by atoms with Crippen LogP contribution in [0.5, 0.6) is 0 Å². The van der Waals surface area contributed by atoms with Crippen LogP contribution in [-0.2, 0) is 11.2 Å². The van der Waals surface area contributed by atoms with Gasteiger partial charge in [0.05, 0.1) is 10.2 Å². The summed E-state index contributed by atoms with van der Waals surface area (Å²) in [5.41, 5.74) is 2.25. The van der Waals surface area contributed by atoms with Crippen molar-refractivity contribution in [3.05, 3.63) is 53.1 Å². The van der Waals surface area contributed by atoms with E-state index >= 15 is 0 Å². The predicted octanol–water partition coefficient (Wildman–Crippen LogP) is 5.59. The number of carbonyl (C=O) groups excluding carboxylic acids is 1. The largest absolute Gasteiger partial charge is 0.308 e. The maximum Gasteiger partial charge on any atom is 0.229 e. The molecule has 0 unspecified atom stereocenters. The van der Waals surface area contributed by atoms with Gasteiger partial charge >= 0.3 is 0 Å². The van der Waals surface area contributed by atoms with Crippen LogP contribution in [0.25, 0.3) is 10.2 Å². The van der Waals surface area contributed by atoms with Crippen LogP contribution >= 0.6 is 34.7 Å². The van der Waals surface area contributed by atoms with Gasteiger partial charge in [0, 0.05) is 35.2 Å². The van der Waals surface area contributed by atoms with Crippen molar-refractivity contribution < 1.29 is 4.79 Å². The zero-order valence-electron chi connectivity index (χ0n) is 17.0. The first-order chi connectivity index (χ1) is 14.0. The van der Waals surface area contributed by atoms with Crippen LogP contribution < -0.4 is 4.90 Å². The number of amides is 1. The first kappa shape index (κ1) is 22.1. The highest BCUT2D eigenvalue weighted by atomic mass is 35.5. The van der Waals surface area contributed by atoms with Gasteiger partial charge in [0.25, 0.3) is 0 Å². The summed E-state index contributed by atoms with van der Waals surface area (Å²) in [5, 5.41) is 1.51. The Morgan fingerprint density at radius 3 is 2.59 bits per heavy atom. The van der Waals surface area contributed by atoms with Crippen LogP contribution in [0.3, 0.4) is 0 Å². The van der Waals surface area contributed by atoms with Crippen LogP contribution in [-0.4, -0.2) is 48.7 Å². The fraction of sp³-hybridized carbons (Fsp3) is 0.364. The Morgan fingerprint density at radius 1 is 1.14 bits per heavy atom. The molecule has 0 saturated carbocycles. The summed E-state index contributed by atoms with van der Waals surface area (Å²) in [6.45, 7) is 3.58. The molecule has 3 rings (SSSR count). The van der Waals surface area contributed by atoms with Crippen molar-refractivity contribution in [2.75, 3.05) is 37.8 Å². The van der Waals surface area contributed by atoms with E-state index in [1.807, 2.05) is 43.3 Å². The van der Waals surface area contributed by atoms with E-state index in [9.17, 15) is 4.79 Å². The lowest BCUT2D eigenvalue weighted by molar-refractivity contribution is -0.118. The summed E-state index contributed by atoms with van der Waals surface area (Å²) in [6, 6.07) is 14.1. The summed E-state index contributed by atoms with van der Waals surface area (Å²) in [4.78, 5) is 22.8. The number of likely N-dealkylation sites (N-methyl/N-ethyl adjacent to an activating group) is 1. The molecule has 0 radical (unpaired) electrons. The van der Waals surface area contributed by atoms with E-state index < -0.39 is 0 Å². The van der Waals surface area contributed by atoms with Crippen LogP contribution in [0.4, 0.5) is 5.13 Å². The van der Waals surface area contributed by atoms with Gasteiger partial charge in [-0.05, 0) is 62.5 Å². The minimum atomic E-state index is 0.114. The van der Waals surface area contributed by atoms with E-state index in [2.05, 4.69) is 30.0 Å². The predicted molar refractivity (Wildman–Crippen MR) is 127 cm³/mol. The molecule has 0 N–H and O–H groups in total. The van der Waals surface area contributed by atoms with Gasteiger partial charge in [0.1, 0.15) is 0 Å². The number of halogens is 1. The molecule has 0 spiro atoms. The van der Waals surface area contributed by atoms with Crippen LogP contribution in [0.1, 0.15) is 18.9 Å². The Balaban J connectivity index is 1.71. The van der Waals surface area contributed by atoms with Crippen molar-refractivity contribution in [1.82, 2.24) is 9.88 Å². The highest BCUT2D eigenvalue weighted by Crippen LogP contribution is 2.30. The molecule has 1 amide bonds. The number of benzene rings is 2. The van der Waals surface area contributed by atoms with Crippen LogP contribution in [0.15, 0.2) is 47.4 Å².